The fourth-order valence-electron chi connectivity index (χ4n) is 2.59. The van der Waals surface area contributed by atoms with Gasteiger partial charge in [-0.05, 0) is 18.1 Å². The number of carbonyl (C=O) groups excluding carboxylic acids is 1. The highest BCUT2D eigenvalue weighted by molar-refractivity contribution is 6.33. The van der Waals surface area contributed by atoms with E-state index in [0.717, 1.165) is 11.1 Å². The minimum Gasteiger partial charge on any atom is -0.288 e. The Hall–Kier alpha value is -3.14. The zero-order valence-corrected chi connectivity index (χ0v) is 12.1. The summed E-state index contributed by atoms with van der Waals surface area (Å²) in [6.45, 7) is 1.77. The van der Waals surface area contributed by atoms with Gasteiger partial charge in [0.1, 0.15) is 11.6 Å². The van der Waals surface area contributed by atoms with Gasteiger partial charge in [0.15, 0.2) is 5.78 Å². The van der Waals surface area contributed by atoms with Crippen LogP contribution < -0.4 is 0 Å². The van der Waals surface area contributed by atoms with Crippen molar-refractivity contribution in [2.45, 2.75) is 6.92 Å². The highest BCUT2D eigenvalue weighted by Gasteiger charge is 2.24. The van der Waals surface area contributed by atoms with Gasteiger partial charge in [-0.25, -0.2) is 0 Å². The average molecular weight is 283 g/mol. The molecule has 0 heterocycles. The average Bonchev–Trinajstić information content (AvgIpc) is 2.58. The molecule has 0 saturated heterocycles. The summed E-state index contributed by atoms with van der Waals surface area (Å²) in [6, 6.07) is 21.0. The third-order valence-corrected chi connectivity index (χ3v) is 3.68. The standard InChI is InChI=1S/C20H13NO/c1-14-19(16-10-6-3-7-11-16)17(13-21)12-18(20(14)22)15-8-4-2-5-9-15/h2-11H,1H3. The number of nitrogens with zero attached hydrogens (tertiary/aromatic N) is 1. The van der Waals surface area contributed by atoms with Crippen LogP contribution in [0.15, 0.2) is 77.5 Å². The highest BCUT2D eigenvalue weighted by atomic mass is 16.1. The van der Waals surface area contributed by atoms with Crippen LogP contribution in [0.2, 0.25) is 0 Å². The van der Waals surface area contributed by atoms with E-state index in [0.29, 0.717) is 22.3 Å². The van der Waals surface area contributed by atoms with E-state index in [9.17, 15) is 10.1 Å². The molecule has 104 valence electrons. The van der Waals surface area contributed by atoms with E-state index in [1.807, 2.05) is 60.7 Å². The van der Waals surface area contributed by atoms with E-state index in [1.54, 1.807) is 6.92 Å². The van der Waals surface area contributed by atoms with Gasteiger partial charge in [-0.1, -0.05) is 66.4 Å². The second-order valence-electron chi connectivity index (χ2n) is 5.05. The van der Waals surface area contributed by atoms with Crippen LogP contribution in [0.3, 0.4) is 0 Å². The largest absolute Gasteiger partial charge is 0.288 e. The molecule has 22 heavy (non-hydrogen) atoms. The van der Waals surface area contributed by atoms with Crippen LogP contribution in [0, 0.1) is 11.3 Å². The number of nitriles is 1. The van der Waals surface area contributed by atoms with Crippen LogP contribution in [0.5, 0.6) is 0 Å². The second kappa shape index (κ2) is 5.69. The Morgan fingerprint density at radius 1 is 0.909 bits per heavy atom. The molecular weight excluding hydrogens is 270 g/mol. The van der Waals surface area contributed by atoms with Crippen LogP contribution in [-0.2, 0) is 4.79 Å². The number of allylic oxidation sites excluding steroid dienone is 3. The van der Waals surface area contributed by atoms with Gasteiger partial charge in [0.05, 0.1) is 5.57 Å². The smallest absolute Gasteiger partial charge is 0.197 e. The Labute approximate surface area is 129 Å². The van der Waals surface area contributed by atoms with Crippen molar-refractivity contribution in [1.82, 2.24) is 0 Å². The molecule has 0 saturated carbocycles. The number of Topliss-reactive ketones (excluding diaryl/α,β-unsaturated/α-hetero) is 1. The third kappa shape index (κ3) is 2.31. The molecule has 0 aliphatic heterocycles. The number of carbonyl (C=O) groups is 1. The molecule has 0 amide bonds. The number of benzene rings is 2. The lowest BCUT2D eigenvalue weighted by molar-refractivity contribution is -0.110. The second-order valence-corrected chi connectivity index (χ2v) is 5.05. The number of hydrogen-bond acceptors (Lipinski definition) is 2. The molecule has 2 heteroatoms. The lowest BCUT2D eigenvalue weighted by atomic mass is 9.84. The van der Waals surface area contributed by atoms with Crippen molar-refractivity contribution in [2.75, 3.05) is 0 Å². The van der Waals surface area contributed by atoms with Crippen LogP contribution >= 0.6 is 0 Å². The number of hydrogen-bond donors (Lipinski definition) is 0. The molecule has 2 aromatic rings. The maximum absolute atomic E-state index is 12.7. The SMILES string of the molecule is CC1=C(c2ccccc2)C(C#N)=C=C(c2ccccc2)C1=O. The normalized spacial score (nSPS) is 14.3. The third-order valence-electron chi connectivity index (χ3n) is 3.68. The van der Waals surface area contributed by atoms with Gasteiger partial charge >= 0.3 is 0 Å². The van der Waals surface area contributed by atoms with Gasteiger partial charge in [-0.3, -0.25) is 4.79 Å². The van der Waals surface area contributed by atoms with Crippen molar-refractivity contribution >= 4 is 16.9 Å². The molecule has 3 rings (SSSR count). The predicted octanol–water partition coefficient (Wildman–Crippen LogP) is 4.18. The Bertz CT molecular complexity index is 874. The summed E-state index contributed by atoms with van der Waals surface area (Å²) >= 11 is 0. The fraction of sp³-hybridized carbons (Fsp3) is 0.0500. The summed E-state index contributed by atoms with van der Waals surface area (Å²) in [5, 5.41) is 9.48. The minimum atomic E-state index is -0.0796. The Kier molecular flexibility index (Phi) is 3.58. The van der Waals surface area contributed by atoms with Crippen LogP contribution in [0.1, 0.15) is 18.1 Å². The molecule has 0 unspecified atom stereocenters. The molecule has 0 aromatic heterocycles. The monoisotopic (exact) mass is 283 g/mol. The highest BCUT2D eigenvalue weighted by Crippen LogP contribution is 2.33. The maximum Gasteiger partial charge on any atom is 0.197 e. The van der Waals surface area contributed by atoms with Crippen molar-refractivity contribution in [3.05, 3.63) is 88.7 Å². The number of ketones is 1. The van der Waals surface area contributed by atoms with E-state index < -0.39 is 0 Å². The van der Waals surface area contributed by atoms with Gasteiger partial charge in [0.2, 0.25) is 0 Å². The van der Waals surface area contributed by atoms with Crippen LogP contribution in [0.25, 0.3) is 11.1 Å². The van der Waals surface area contributed by atoms with E-state index >= 15 is 0 Å². The van der Waals surface area contributed by atoms with Gasteiger partial charge in [-0.2, -0.15) is 5.26 Å². The zero-order valence-electron chi connectivity index (χ0n) is 12.1. The van der Waals surface area contributed by atoms with E-state index in [2.05, 4.69) is 11.8 Å². The van der Waals surface area contributed by atoms with Crippen LogP contribution in [-0.4, -0.2) is 5.78 Å². The lowest BCUT2D eigenvalue weighted by Gasteiger charge is -2.15. The van der Waals surface area contributed by atoms with E-state index in [-0.39, 0.29) is 5.78 Å². The predicted molar refractivity (Wildman–Crippen MR) is 86.5 cm³/mol. The summed E-state index contributed by atoms with van der Waals surface area (Å²) in [7, 11) is 0. The van der Waals surface area contributed by atoms with E-state index in [4.69, 9.17) is 0 Å². The Balaban J connectivity index is 2.25. The van der Waals surface area contributed by atoms with Crippen molar-refractivity contribution in [3.8, 4) is 6.07 Å². The maximum atomic E-state index is 12.7. The van der Waals surface area contributed by atoms with Crippen LogP contribution in [0.4, 0.5) is 0 Å². The first-order chi connectivity index (χ1) is 10.7. The molecule has 0 fully saturated rings. The Morgan fingerprint density at radius 2 is 1.45 bits per heavy atom. The summed E-state index contributed by atoms with van der Waals surface area (Å²) < 4.78 is 0. The van der Waals surface area contributed by atoms with Gasteiger partial charge in [-0.15, -0.1) is 0 Å². The first-order valence-corrected chi connectivity index (χ1v) is 7.00. The molecule has 1 aliphatic carbocycles. The fourth-order valence-corrected chi connectivity index (χ4v) is 2.59. The first kappa shape index (κ1) is 13.8. The van der Waals surface area contributed by atoms with Gasteiger partial charge in [0.25, 0.3) is 0 Å². The van der Waals surface area contributed by atoms with Gasteiger partial charge < -0.3 is 0 Å². The molecule has 0 atom stereocenters. The molecule has 2 nitrogen and oxygen atoms in total. The Morgan fingerprint density at radius 3 is 2.00 bits per heavy atom. The molecule has 0 spiro atoms. The van der Waals surface area contributed by atoms with Gasteiger partial charge in [0, 0.05) is 11.1 Å². The molecule has 0 N–H and O–H groups in total. The quantitative estimate of drug-likeness (QED) is 0.776. The van der Waals surface area contributed by atoms with Crippen molar-refractivity contribution in [2.24, 2.45) is 0 Å². The molecule has 0 radical (unpaired) electrons. The van der Waals surface area contributed by atoms with E-state index in [1.165, 1.54) is 0 Å². The minimum absolute atomic E-state index is 0.0796. The van der Waals surface area contributed by atoms with Crippen molar-refractivity contribution in [3.63, 3.8) is 0 Å². The zero-order chi connectivity index (χ0) is 15.5. The summed E-state index contributed by atoms with van der Waals surface area (Å²) in [5.41, 5.74) is 6.78. The topological polar surface area (TPSA) is 40.9 Å². The summed E-state index contributed by atoms with van der Waals surface area (Å²) in [4.78, 5) is 12.7. The molecular formula is C20H13NO. The summed E-state index contributed by atoms with van der Waals surface area (Å²) in [6.07, 6.45) is 0. The molecule has 2 aromatic carbocycles. The number of rotatable bonds is 2. The first-order valence-electron chi connectivity index (χ1n) is 7.00. The molecule has 0 bridgehead atoms. The molecule has 1 aliphatic rings. The summed E-state index contributed by atoms with van der Waals surface area (Å²) in [5.74, 6) is -0.0796. The van der Waals surface area contributed by atoms with Crippen molar-refractivity contribution in [1.29, 1.82) is 5.26 Å². The lowest BCUT2D eigenvalue weighted by Crippen LogP contribution is -2.10. The van der Waals surface area contributed by atoms with Crippen molar-refractivity contribution < 1.29 is 4.79 Å².